The van der Waals surface area contributed by atoms with Crippen molar-refractivity contribution < 1.29 is 18.4 Å². The van der Waals surface area contributed by atoms with Crippen molar-refractivity contribution in [3.8, 4) is 0 Å². The number of nitrogens with zero attached hydrogens (tertiary/aromatic N) is 2. The van der Waals surface area contributed by atoms with Gasteiger partial charge in [0.1, 0.15) is 5.82 Å². The summed E-state index contributed by atoms with van der Waals surface area (Å²) in [4.78, 5) is 17.4. The van der Waals surface area contributed by atoms with Crippen LogP contribution in [0.3, 0.4) is 0 Å². The molecule has 1 heterocycles. The van der Waals surface area contributed by atoms with Crippen LogP contribution in [0.4, 0.5) is 5.82 Å². The number of allylic oxidation sites excluding steroid dienone is 2. The lowest BCUT2D eigenvalue weighted by Gasteiger charge is -2.23. The lowest BCUT2D eigenvalue weighted by molar-refractivity contribution is -0.105. The van der Waals surface area contributed by atoms with Gasteiger partial charge >= 0.3 is 7.60 Å². The molecule has 0 aromatic carbocycles. The average molecular weight is 393 g/mol. The van der Waals surface area contributed by atoms with Crippen LogP contribution in [-0.4, -0.2) is 49.6 Å². The van der Waals surface area contributed by atoms with Crippen molar-refractivity contribution in [3.05, 3.63) is 41.6 Å². The second kappa shape index (κ2) is 9.95. The number of nitrogens with one attached hydrogen (secondary N) is 1. The van der Waals surface area contributed by atoms with E-state index in [9.17, 15) is 9.36 Å². The molecule has 1 amide bonds. The minimum atomic E-state index is -3.31. The van der Waals surface area contributed by atoms with Crippen molar-refractivity contribution in [3.63, 3.8) is 0 Å². The van der Waals surface area contributed by atoms with E-state index in [0.29, 0.717) is 23.8 Å². The first kappa shape index (κ1) is 21.5. The third-order valence-corrected chi connectivity index (χ3v) is 6.28. The molecule has 0 aliphatic heterocycles. The molecule has 1 atom stereocenters. The molecular weight excluding hydrogens is 365 g/mol. The fourth-order valence-corrected chi connectivity index (χ4v) is 4.61. The Balaban J connectivity index is 2.33. The molecule has 0 unspecified atom stereocenters. The van der Waals surface area contributed by atoms with Crippen LogP contribution < -0.4 is 5.32 Å². The van der Waals surface area contributed by atoms with E-state index >= 15 is 0 Å². The first-order valence-electron chi connectivity index (χ1n) is 9.04. The molecule has 0 saturated carbocycles. The van der Waals surface area contributed by atoms with Crippen molar-refractivity contribution in [1.82, 2.24) is 9.88 Å². The summed E-state index contributed by atoms with van der Waals surface area (Å²) >= 11 is 0. The standard InChI is InChI=1S/C19H28N3O4P/c1-5-25-27(24,26-6-2)13-17-11-16(12-20-19(17)21-14-23)15-7-9-18(10-8-15)22(3)4/h7-9,11-12,14,18H,5-6,10,13H2,1-4H3,(H,20,21,23)/t18-/m1/s1. The van der Waals surface area contributed by atoms with Crippen molar-refractivity contribution in [1.29, 1.82) is 0 Å². The lowest BCUT2D eigenvalue weighted by Crippen LogP contribution is -2.26. The van der Waals surface area contributed by atoms with E-state index < -0.39 is 7.60 Å². The van der Waals surface area contributed by atoms with E-state index in [-0.39, 0.29) is 19.4 Å². The molecule has 148 valence electrons. The molecule has 7 nitrogen and oxygen atoms in total. The number of carbonyl (C=O) groups excluding carboxylic acids is 1. The maximum Gasteiger partial charge on any atom is 0.335 e. The minimum absolute atomic E-state index is 0.0447. The zero-order valence-corrected chi connectivity index (χ0v) is 17.2. The van der Waals surface area contributed by atoms with Crippen molar-refractivity contribution in [2.24, 2.45) is 0 Å². The van der Waals surface area contributed by atoms with E-state index in [1.807, 2.05) is 20.2 Å². The molecule has 1 N–H and O–H groups in total. The van der Waals surface area contributed by atoms with Gasteiger partial charge < -0.3 is 19.3 Å². The first-order valence-corrected chi connectivity index (χ1v) is 10.8. The first-order chi connectivity index (χ1) is 12.9. The number of hydrogen-bond acceptors (Lipinski definition) is 6. The summed E-state index contributed by atoms with van der Waals surface area (Å²) in [6.07, 6.45) is 9.57. The highest BCUT2D eigenvalue weighted by atomic mass is 31.2. The van der Waals surface area contributed by atoms with Gasteiger partial charge in [-0.3, -0.25) is 9.36 Å². The number of hydrogen-bond donors (Lipinski definition) is 1. The van der Waals surface area contributed by atoms with Gasteiger partial charge in [0, 0.05) is 23.4 Å². The van der Waals surface area contributed by atoms with Crippen LogP contribution in [0.2, 0.25) is 0 Å². The van der Waals surface area contributed by atoms with Crippen LogP contribution >= 0.6 is 7.60 Å². The van der Waals surface area contributed by atoms with Crippen molar-refractivity contribution in [2.45, 2.75) is 32.5 Å². The van der Waals surface area contributed by atoms with Crippen molar-refractivity contribution in [2.75, 3.05) is 32.6 Å². The summed E-state index contributed by atoms with van der Waals surface area (Å²) in [6, 6.07) is 2.25. The van der Waals surface area contributed by atoms with Gasteiger partial charge in [0.15, 0.2) is 0 Å². The molecule has 1 aromatic heterocycles. The van der Waals surface area contributed by atoms with Gasteiger partial charge in [-0.1, -0.05) is 18.2 Å². The monoisotopic (exact) mass is 393 g/mol. The van der Waals surface area contributed by atoms with Gasteiger partial charge in [-0.2, -0.15) is 0 Å². The smallest absolute Gasteiger partial charge is 0.313 e. The Bertz CT molecular complexity index is 751. The molecule has 0 bridgehead atoms. The third kappa shape index (κ3) is 5.84. The molecule has 1 aromatic rings. The molecule has 1 aliphatic carbocycles. The third-order valence-electron chi connectivity index (χ3n) is 4.25. The molecular formula is C19H28N3O4P. The maximum atomic E-state index is 12.9. The summed E-state index contributed by atoms with van der Waals surface area (Å²) in [7, 11) is 0.781. The van der Waals surface area contributed by atoms with Crippen LogP contribution in [0.5, 0.6) is 0 Å². The van der Waals surface area contributed by atoms with Crippen LogP contribution in [0, 0.1) is 0 Å². The minimum Gasteiger partial charge on any atom is -0.313 e. The van der Waals surface area contributed by atoms with Gasteiger partial charge in [-0.05, 0) is 46.0 Å². The number of rotatable bonds is 10. The SMILES string of the molecule is CCOP(=O)(Cc1cc(C2=CC[C@H](N(C)C)C=C2)cnc1NC=O)OCC. The molecule has 0 fully saturated rings. The Morgan fingerprint density at radius 1 is 1.33 bits per heavy atom. The second-order valence-corrected chi connectivity index (χ2v) is 8.44. The normalized spacial score (nSPS) is 17.1. The van der Waals surface area contributed by atoms with Crippen LogP contribution in [0.1, 0.15) is 31.4 Å². The zero-order chi connectivity index (χ0) is 19.9. The molecule has 0 spiro atoms. The Labute approximate surface area is 161 Å². The fourth-order valence-electron chi connectivity index (χ4n) is 2.91. The number of aromatic nitrogens is 1. The van der Waals surface area contributed by atoms with E-state index in [1.165, 1.54) is 0 Å². The Kier molecular flexibility index (Phi) is 7.92. The highest BCUT2D eigenvalue weighted by molar-refractivity contribution is 7.53. The summed E-state index contributed by atoms with van der Waals surface area (Å²) in [5.41, 5.74) is 2.56. The van der Waals surface area contributed by atoms with Gasteiger partial charge in [0.25, 0.3) is 0 Å². The van der Waals surface area contributed by atoms with Crippen LogP contribution in [0.15, 0.2) is 30.5 Å². The summed E-state index contributed by atoms with van der Waals surface area (Å²) in [5, 5.41) is 2.57. The number of likely N-dealkylation sites (N-methyl/N-ethyl adjacent to an activating group) is 1. The van der Waals surface area contributed by atoms with Gasteiger partial charge in [0.05, 0.1) is 19.4 Å². The summed E-state index contributed by atoms with van der Waals surface area (Å²) in [6.45, 7) is 4.09. The lowest BCUT2D eigenvalue weighted by atomic mass is 9.97. The second-order valence-electron chi connectivity index (χ2n) is 6.38. The Morgan fingerprint density at radius 2 is 2.04 bits per heavy atom. The number of carbonyl (C=O) groups is 1. The molecule has 2 rings (SSSR count). The van der Waals surface area contributed by atoms with Crippen LogP contribution in [0.25, 0.3) is 5.57 Å². The summed E-state index contributed by atoms with van der Waals surface area (Å²) < 4.78 is 23.7. The molecule has 8 heteroatoms. The van der Waals surface area contributed by atoms with Crippen LogP contribution in [-0.2, 0) is 24.6 Å². The Morgan fingerprint density at radius 3 is 2.56 bits per heavy atom. The predicted molar refractivity (Wildman–Crippen MR) is 108 cm³/mol. The molecule has 0 saturated heterocycles. The topological polar surface area (TPSA) is 80.8 Å². The number of pyridine rings is 1. The number of amides is 1. The number of anilines is 1. The quantitative estimate of drug-likeness (QED) is 0.482. The molecule has 27 heavy (non-hydrogen) atoms. The van der Waals surface area contributed by atoms with E-state index in [4.69, 9.17) is 9.05 Å². The Hall–Kier alpha value is -1.79. The van der Waals surface area contributed by atoms with Gasteiger partial charge in [-0.25, -0.2) is 4.98 Å². The molecule has 0 radical (unpaired) electrons. The predicted octanol–water partition coefficient (Wildman–Crippen LogP) is 3.69. The fraction of sp³-hybridized carbons (Fsp3) is 0.474. The van der Waals surface area contributed by atoms with Gasteiger partial charge in [0.2, 0.25) is 6.41 Å². The highest BCUT2D eigenvalue weighted by Gasteiger charge is 2.26. The van der Waals surface area contributed by atoms with E-state index in [0.717, 1.165) is 17.6 Å². The van der Waals surface area contributed by atoms with Crippen molar-refractivity contribution >= 4 is 25.4 Å². The van der Waals surface area contributed by atoms with E-state index in [2.05, 4.69) is 33.4 Å². The zero-order valence-electron chi connectivity index (χ0n) is 16.3. The highest BCUT2D eigenvalue weighted by Crippen LogP contribution is 2.52. The average Bonchev–Trinajstić information content (AvgIpc) is 2.63. The van der Waals surface area contributed by atoms with Gasteiger partial charge in [-0.15, -0.1) is 0 Å². The summed E-state index contributed by atoms with van der Waals surface area (Å²) in [5.74, 6) is 0.361. The largest absolute Gasteiger partial charge is 0.335 e. The van der Waals surface area contributed by atoms with E-state index in [1.54, 1.807) is 20.0 Å². The maximum absolute atomic E-state index is 12.9. The molecule has 1 aliphatic rings.